The molecule has 0 bridgehead atoms. The van der Waals surface area contributed by atoms with Gasteiger partial charge in [0.05, 0.1) is 6.21 Å². The first-order valence-electron chi connectivity index (χ1n) is 5.48. The van der Waals surface area contributed by atoms with E-state index in [1.807, 2.05) is 48.5 Å². The quantitative estimate of drug-likeness (QED) is 0.521. The minimum absolute atomic E-state index is 0.476. The van der Waals surface area contributed by atoms with E-state index in [-0.39, 0.29) is 0 Å². The van der Waals surface area contributed by atoms with Crippen molar-refractivity contribution in [2.45, 2.75) is 6.61 Å². The minimum Gasteiger partial charge on any atom is -0.489 e. The second kappa shape index (κ2) is 6.07. The van der Waals surface area contributed by atoms with Crippen molar-refractivity contribution in [2.24, 2.45) is 10.9 Å². The van der Waals surface area contributed by atoms with Crippen molar-refractivity contribution in [2.75, 3.05) is 0 Å². The summed E-state index contributed by atoms with van der Waals surface area (Å²) in [5.74, 6) is 5.88. The highest BCUT2D eigenvalue weighted by molar-refractivity contribution is 6.30. The Hall–Kier alpha value is -2.00. The summed E-state index contributed by atoms with van der Waals surface area (Å²) in [5.41, 5.74) is 1.93. The first-order valence-corrected chi connectivity index (χ1v) is 5.86. The van der Waals surface area contributed by atoms with Gasteiger partial charge in [0.15, 0.2) is 0 Å². The van der Waals surface area contributed by atoms with Crippen LogP contribution in [0.4, 0.5) is 0 Å². The maximum Gasteiger partial charge on any atom is 0.120 e. The number of ether oxygens (including phenoxy) is 1. The van der Waals surface area contributed by atoms with E-state index in [2.05, 4.69) is 5.10 Å². The normalized spacial score (nSPS) is 10.7. The van der Waals surface area contributed by atoms with Gasteiger partial charge in [0.1, 0.15) is 12.4 Å². The molecule has 2 N–H and O–H groups in total. The van der Waals surface area contributed by atoms with E-state index in [4.69, 9.17) is 22.2 Å². The van der Waals surface area contributed by atoms with Crippen LogP contribution in [-0.2, 0) is 6.61 Å². The van der Waals surface area contributed by atoms with Gasteiger partial charge in [-0.05, 0) is 35.4 Å². The molecule has 0 aromatic heterocycles. The van der Waals surface area contributed by atoms with Gasteiger partial charge in [0.2, 0.25) is 0 Å². The van der Waals surface area contributed by atoms with Crippen molar-refractivity contribution in [3.8, 4) is 5.75 Å². The molecule has 0 spiro atoms. The molecule has 2 aromatic rings. The fourth-order valence-electron chi connectivity index (χ4n) is 1.56. The van der Waals surface area contributed by atoms with Gasteiger partial charge in [-0.25, -0.2) is 0 Å². The summed E-state index contributed by atoms with van der Waals surface area (Å²) in [6.07, 6.45) is 1.58. The molecule has 0 unspecified atom stereocenters. The molecule has 0 saturated heterocycles. The smallest absolute Gasteiger partial charge is 0.120 e. The maximum absolute atomic E-state index is 5.91. The van der Waals surface area contributed by atoms with Crippen LogP contribution >= 0.6 is 11.6 Å². The molecule has 92 valence electrons. The van der Waals surface area contributed by atoms with Crippen LogP contribution in [0.15, 0.2) is 53.6 Å². The topological polar surface area (TPSA) is 47.6 Å². The van der Waals surface area contributed by atoms with Crippen molar-refractivity contribution in [1.82, 2.24) is 0 Å². The molecular formula is C14H13ClN2O. The van der Waals surface area contributed by atoms with Crippen molar-refractivity contribution in [3.05, 3.63) is 64.7 Å². The highest BCUT2D eigenvalue weighted by atomic mass is 35.5. The number of hydrazone groups is 1. The molecule has 0 fully saturated rings. The highest BCUT2D eigenvalue weighted by Gasteiger charge is 1.98. The zero-order valence-electron chi connectivity index (χ0n) is 9.71. The van der Waals surface area contributed by atoms with Crippen molar-refractivity contribution in [3.63, 3.8) is 0 Å². The number of benzene rings is 2. The summed E-state index contributed by atoms with van der Waals surface area (Å²) in [5, 5.41) is 4.19. The number of halogens is 1. The summed E-state index contributed by atoms with van der Waals surface area (Å²) >= 11 is 5.91. The minimum atomic E-state index is 0.476. The predicted molar refractivity (Wildman–Crippen MR) is 74.0 cm³/mol. The molecule has 0 aliphatic rings. The van der Waals surface area contributed by atoms with Crippen molar-refractivity contribution >= 4 is 17.8 Å². The van der Waals surface area contributed by atoms with Crippen molar-refractivity contribution in [1.29, 1.82) is 0 Å². The molecule has 18 heavy (non-hydrogen) atoms. The average Bonchev–Trinajstić information content (AvgIpc) is 2.37. The van der Waals surface area contributed by atoms with E-state index < -0.39 is 0 Å². The van der Waals surface area contributed by atoms with Crippen LogP contribution < -0.4 is 10.6 Å². The van der Waals surface area contributed by atoms with Crippen LogP contribution in [0, 0.1) is 0 Å². The first-order chi connectivity index (χ1) is 8.78. The lowest BCUT2D eigenvalue weighted by Crippen LogP contribution is -1.96. The third kappa shape index (κ3) is 3.50. The zero-order chi connectivity index (χ0) is 12.8. The predicted octanol–water partition coefficient (Wildman–Crippen LogP) is 3.21. The molecule has 0 heterocycles. The third-order valence-electron chi connectivity index (χ3n) is 2.38. The second-order valence-corrected chi connectivity index (χ2v) is 4.21. The molecular weight excluding hydrogens is 248 g/mol. The Bertz CT molecular complexity index is 555. The molecule has 0 saturated carbocycles. The van der Waals surface area contributed by atoms with E-state index in [0.29, 0.717) is 11.6 Å². The van der Waals surface area contributed by atoms with Crippen LogP contribution in [0.25, 0.3) is 0 Å². The average molecular weight is 261 g/mol. The summed E-state index contributed by atoms with van der Waals surface area (Å²) in [6, 6.07) is 15.2. The van der Waals surface area contributed by atoms with Gasteiger partial charge in [-0.15, -0.1) is 0 Å². The largest absolute Gasteiger partial charge is 0.489 e. The molecule has 0 aliphatic carbocycles. The monoisotopic (exact) mass is 260 g/mol. The number of hydrogen-bond donors (Lipinski definition) is 1. The number of rotatable bonds is 4. The standard InChI is InChI=1S/C14H13ClN2O/c15-13-5-1-4-12(7-13)10-18-14-6-2-3-11(8-14)9-17-16/h1-9H,10,16H2. The summed E-state index contributed by atoms with van der Waals surface area (Å²) in [7, 11) is 0. The Labute approximate surface area is 111 Å². The highest BCUT2D eigenvalue weighted by Crippen LogP contribution is 2.16. The van der Waals surface area contributed by atoms with Gasteiger partial charge >= 0.3 is 0 Å². The molecule has 0 radical (unpaired) electrons. The molecule has 0 amide bonds. The van der Waals surface area contributed by atoms with E-state index >= 15 is 0 Å². The lowest BCUT2D eigenvalue weighted by atomic mass is 10.2. The fraction of sp³-hybridized carbons (Fsp3) is 0.0714. The number of hydrogen-bond acceptors (Lipinski definition) is 3. The SMILES string of the molecule is NN=Cc1cccc(OCc2cccc(Cl)c2)c1. The molecule has 2 rings (SSSR count). The molecule has 0 atom stereocenters. The fourth-order valence-corrected chi connectivity index (χ4v) is 1.78. The van der Waals surface area contributed by atoms with E-state index in [1.165, 1.54) is 0 Å². The lowest BCUT2D eigenvalue weighted by Gasteiger charge is -2.07. The molecule has 0 aliphatic heterocycles. The Morgan fingerprint density at radius 1 is 1.17 bits per heavy atom. The van der Waals surface area contributed by atoms with Crippen LogP contribution in [0.1, 0.15) is 11.1 Å². The molecule has 2 aromatic carbocycles. The van der Waals surface area contributed by atoms with Gasteiger partial charge in [-0.2, -0.15) is 5.10 Å². The third-order valence-corrected chi connectivity index (χ3v) is 2.61. The maximum atomic E-state index is 5.91. The number of nitrogens with two attached hydrogens (primary N) is 1. The first kappa shape index (κ1) is 12.5. The molecule has 3 nitrogen and oxygen atoms in total. The Kier molecular flexibility index (Phi) is 4.20. The van der Waals surface area contributed by atoms with Gasteiger partial charge in [-0.1, -0.05) is 35.9 Å². The number of nitrogens with zero attached hydrogens (tertiary/aromatic N) is 1. The second-order valence-electron chi connectivity index (χ2n) is 3.77. The Morgan fingerprint density at radius 2 is 2.00 bits per heavy atom. The van der Waals surface area contributed by atoms with Gasteiger partial charge < -0.3 is 10.6 Å². The Balaban J connectivity index is 2.04. The van der Waals surface area contributed by atoms with Crippen LogP contribution in [0.2, 0.25) is 5.02 Å². The summed E-state index contributed by atoms with van der Waals surface area (Å²) in [4.78, 5) is 0. The zero-order valence-corrected chi connectivity index (χ0v) is 10.5. The Morgan fingerprint density at radius 3 is 2.78 bits per heavy atom. The van der Waals surface area contributed by atoms with Crippen LogP contribution in [-0.4, -0.2) is 6.21 Å². The van der Waals surface area contributed by atoms with E-state index in [0.717, 1.165) is 16.9 Å². The lowest BCUT2D eigenvalue weighted by molar-refractivity contribution is 0.306. The van der Waals surface area contributed by atoms with Gasteiger partial charge in [0, 0.05) is 5.02 Å². The molecule has 4 heteroatoms. The van der Waals surface area contributed by atoms with Gasteiger partial charge in [-0.3, -0.25) is 0 Å². The van der Waals surface area contributed by atoms with Gasteiger partial charge in [0.25, 0.3) is 0 Å². The summed E-state index contributed by atoms with van der Waals surface area (Å²) < 4.78 is 5.67. The van der Waals surface area contributed by atoms with Crippen LogP contribution in [0.5, 0.6) is 5.75 Å². The summed E-state index contributed by atoms with van der Waals surface area (Å²) in [6.45, 7) is 0.476. The van der Waals surface area contributed by atoms with Crippen molar-refractivity contribution < 1.29 is 4.74 Å². The van der Waals surface area contributed by atoms with E-state index in [1.54, 1.807) is 6.21 Å². The van der Waals surface area contributed by atoms with Crippen LogP contribution in [0.3, 0.4) is 0 Å². The van der Waals surface area contributed by atoms with E-state index in [9.17, 15) is 0 Å².